The van der Waals surface area contributed by atoms with Crippen molar-refractivity contribution >= 4 is 11.9 Å². The number of carbonyl (C=O) groups is 1. The molecule has 0 fully saturated rings. The van der Waals surface area contributed by atoms with E-state index in [1.165, 1.54) is 11.0 Å². The lowest BCUT2D eigenvalue weighted by atomic mass is 10.1. The van der Waals surface area contributed by atoms with Crippen molar-refractivity contribution in [3.8, 4) is 5.75 Å². The molecule has 0 saturated carbocycles. The maximum atomic E-state index is 12.3. The van der Waals surface area contributed by atoms with Crippen LogP contribution < -0.4 is 15.4 Å². The first-order valence-electron chi connectivity index (χ1n) is 9.21. The number of ether oxygens (including phenoxy) is 1. The predicted molar refractivity (Wildman–Crippen MR) is 109 cm³/mol. The van der Waals surface area contributed by atoms with Gasteiger partial charge in [-0.2, -0.15) is 13.2 Å². The Morgan fingerprint density at radius 1 is 1.03 bits per heavy atom. The van der Waals surface area contributed by atoms with Crippen molar-refractivity contribution in [2.24, 2.45) is 4.99 Å². The number of nitrogens with zero attached hydrogens (tertiary/aromatic N) is 2. The number of rotatable bonds is 7. The molecule has 0 aromatic heterocycles. The van der Waals surface area contributed by atoms with Gasteiger partial charge >= 0.3 is 6.18 Å². The van der Waals surface area contributed by atoms with Crippen LogP contribution in [0.1, 0.15) is 21.5 Å². The molecule has 0 radical (unpaired) electrons. The molecule has 0 spiro atoms. The molecule has 162 valence electrons. The Labute approximate surface area is 173 Å². The predicted octanol–water partition coefficient (Wildman–Crippen LogP) is 3.19. The van der Waals surface area contributed by atoms with Gasteiger partial charge in [-0.15, -0.1) is 0 Å². The van der Waals surface area contributed by atoms with Crippen LogP contribution in [-0.4, -0.2) is 50.7 Å². The summed E-state index contributed by atoms with van der Waals surface area (Å²) >= 11 is 0. The third-order valence-corrected chi connectivity index (χ3v) is 4.05. The molecule has 0 saturated heterocycles. The average molecular weight is 422 g/mol. The molecule has 1 amide bonds. The summed E-state index contributed by atoms with van der Waals surface area (Å²) in [5.74, 6) is 0.625. The van der Waals surface area contributed by atoms with Crippen molar-refractivity contribution in [3.05, 3.63) is 65.2 Å². The second-order valence-corrected chi connectivity index (χ2v) is 6.73. The van der Waals surface area contributed by atoms with Gasteiger partial charge in [-0.25, -0.2) is 0 Å². The topological polar surface area (TPSA) is 66.0 Å². The fourth-order valence-corrected chi connectivity index (χ4v) is 2.53. The third-order valence-electron chi connectivity index (χ3n) is 4.05. The average Bonchev–Trinajstić information content (AvgIpc) is 2.72. The highest BCUT2D eigenvalue weighted by molar-refractivity contribution is 5.93. The maximum Gasteiger partial charge on any atom is 0.422 e. The van der Waals surface area contributed by atoms with E-state index in [9.17, 15) is 18.0 Å². The Balaban J connectivity index is 1.86. The zero-order valence-corrected chi connectivity index (χ0v) is 17.1. The van der Waals surface area contributed by atoms with Gasteiger partial charge in [0.25, 0.3) is 5.91 Å². The number of alkyl halides is 3. The van der Waals surface area contributed by atoms with Gasteiger partial charge in [-0.05, 0) is 35.4 Å². The Hall–Kier alpha value is -3.23. The van der Waals surface area contributed by atoms with E-state index in [0.29, 0.717) is 24.6 Å². The summed E-state index contributed by atoms with van der Waals surface area (Å²) in [4.78, 5) is 17.6. The summed E-state index contributed by atoms with van der Waals surface area (Å²) in [5.41, 5.74) is 2.33. The summed E-state index contributed by atoms with van der Waals surface area (Å²) in [6, 6.07) is 13.7. The summed E-state index contributed by atoms with van der Waals surface area (Å²) in [6.07, 6.45) is -4.38. The Morgan fingerprint density at radius 3 is 2.23 bits per heavy atom. The van der Waals surface area contributed by atoms with Gasteiger partial charge in [0.2, 0.25) is 0 Å². The summed E-state index contributed by atoms with van der Waals surface area (Å²) in [5, 5.41) is 6.25. The molecular formula is C21H25F3N4O2. The normalized spacial score (nSPS) is 11.7. The van der Waals surface area contributed by atoms with Crippen LogP contribution in [0.3, 0.4) is 0 Å². The third kappa shape index (κ3) is 7.65. The van der Waals surface area contributed by atoms with Gasteiger partial charge < -0.3 is 20.3 Å². The molecule has 30 heavy (non-hydrogen) atoms. The first-order chi connectivity index (χ1) is 14.2. The Bertz CT molecular complexity index is 865. The summed E-state index contributed by atoms with van der Waals surface area (Å²) in [7, 11) is 5.02. The van der Waals surface area contributed by atoms with E-state index in [4.69, 9.17) is 4.74 Å². The minimum Gasteiger partial charge on any atom is -0.484 e. The minimum absolute atomic E-state index is 0.0616. The second kappa shape index (κ2) is 10.5. The van der Waals surface area contributed by atoms with Crippen LogP contribution in [0.25, 0.3) is 0 Å². The van der Waals surface area contributed by atoms with Crippen molar-refractivity contribution in [2.75, 3.05) is 27.7 Å². The van der Waals surface area contributed by atoms with Gasteiger partial charge in [0.15, 0.2) is 12.6 Å². The fraction of sp³-hybridized carbons (Fsp3) is 0.333. The van der Waals surface area contributed by atoms with E-state index in [0.717, 1.165) is 11.1 Å². The molecule has 2 aromatic carbocycles. The van der Waals surface area contributed by atoms with Crippen molar-refractivity contribution in [2.45, 2.75) is 19.3 Å². The van der Waals surface area contributed by atoms with Crippen LogP contribution in [-0.2, 0) is 13.1 Å². The summed E-state index contributed by atoms with van der Waals surface area (Å²) < 4.78 is 41.6. The van der Waals surface area contributed by atoms with E-state index in [1.807, 2.05) is 12.1 Å². The molecule has 0 unspecified atom stereocenters. The molecule has 0 aliphatic carbocycles. The number of halogens is 3. The number of benzene rings is 2. The highest BCUT2D eigenvalue weighted by Gasteiger charge is 2.28. The number of nitrogens with one attached hydrogen (secondary N) is 2. The first kappa shape index (κ1) is 23.1. The number of carbonyl (C=O) groups excluding carboxylic acids is 1. The standard InChI is InChI=1S/C21H25F3N4O2/c1-25-20(26-12-15-7-9-17(10-8-15)19(29)28(2)3)27-13-16-5-4-6-18(11-16)30-14-21(22,23)24/h4-11H,12-14H2,1-3H3,(H2,25,26,27). The largest absolute Gasteiger partial charge is 0.484 e. The lowest BCUT2D eigenvalue weighted by Gasteiger charge is -2.14. The number of hydrogen-bond acceptors (Lipinski definition) is 3. The summed E-state index contributed by atoms with van der Waals surface area (Å²) in [6.45, 7) is -0.476. The number of aliphatic imine (C=N–C) groups is 1. The van der Waals surface area contributed by atoms with Crippen molar-refractivity contribution in [1.29, 1.82) is 0 Å². The highest BCUT2D eigenvalue weighted by atomic mass is 19.4. The maximum absolute atomic E-state index is 12.3. The first-order valence-corrected chi connectivity index (χ1v) is 9.21. The van der Waals surface area contributed by atoms with Gasteiger partial charge in [-0.3, -0.25) is 9.79 Å². The van der Waals surface area contributed by atoms with E-state index in [2.05, 4.69) is 15.6 Å². The molecule has 9 heteroatoms. The molecule has 6 nitrogen and oxygen atoms in total. The lowest BCUT2D eigenvalue weighted by Crippen LogP contribution is -2.36. The van der Waals surface area contributed by atoms with Crippen LogP contribution in [0.5, 0.6) is 5.75 Å². The molecule has 0 heterocycles. The smallest absolute Gasteiger partial charge is 0.422 e. The van der Waals surface area contributed by atoms with Crippen LogP contribution in [0.4, 0.5) is 13.2 Å². The van der Waals surface area contributed by atoms with Gasteiger partial charge in [0.1, 0.15) is 5.75 Å². The van der Waals surface area contributed by atoms with Crippen molar-refractivity contribution in [1.82, 2.24) is 15.5 Å². The molecule has 0 aliphatic rings. The quantitative estimate of drug-likeness (QED) is 0.531. The van der Waals surface area contributed by atoms with E-state index >= 15 is 0 Å². The minimum atomic E-state index is -4.38. The number of guanidine groups is 1. The molecule has 0 bridgehead atoms. The van der Waals surface area contributed by atoms with E-state index < -0.39 is 12.8 Å². The molecule has 2 aromatic rings. The van der Waals surface area contributed by atoms with E-state index in [-0.39, 0.29) is 11.7 Å². The van der Waals surface area contributed by atoms with E-state index in [1.54, 1.807) is 51.5 Å². The van der Waals surface area contributed by atoms with Crippen LogP contribution in [0.2, 0.25) is 0 Å². The molecule has 0 aliphatic heterocycles. The van der Waals surface area contributed by atoms with Crippen LogP contribution in [0.15, 0.2) is 53.5 Å². The zero-order chi connectivity index (χ0) is 22.1. The van der Waals surface area contributed by atoms with Gasteiger partial charge in [0.05, 0.1) is 0 Å². The molecule has 2 rings (SSSR count). The number of amides is 1. The van der Waals surface area contributed by atoms with Crippen molar-refractivity contribution in [3.63, 3.8) is 0 Å². The van der Waals surface area contributed by atoms with Gasteiger partial charge in [-0.1, -0.05) is 24.3 Å². The monoisotopic (exact) mass is 422 g/mol. The van der Waals surface area contributed by atoms with Crippen LogP contribution >= 0.6 is 0 Å². The second-order valence-electron chi connectivity index (χ2n) is 6.73. The van der Waals surface area contributed by atoms with Gasteiger partial charge in [0, 0.05) is 39.8 Å². The molecule has 0 atom stereocenters. The fourth-order valence-electron chi connectivity index (χ4n) is 2.53. The highest BCUT2D eigenvalue weighted by Crippen LogP contribution is 2.19. The molecule has 2 N–H and O–H groups in total. The Kier molecular flexibility index (Phi) is 8.08. The molecular weight excluding hydrogens is 397 g/mol. The zero-order valence-electron chi connectivity index (χ0n) is 17.1. The van der Waals surface area contributed by atoms with Crippen LogP contribution in [0, 0.1) is 0 Å². The Morgan fingerprint density at radius 2 is 1.67 bits per heavy atom. The van der Waals surface area contributed by atoms with Crippen molar-refractivity contribution < 1.29 is 22.7 Å². The lowest BCUT2D eigenvalue weighted by molar-refractivity contribution is -0.153. The number of hydrogen-bond donors (Lipinski definition) is 2. The SMILES string of the molecule is CN=C(NCc1ccc(C(=O)N(C)C)cc1)NCc1cccc(OCC(F)(F)F)c1.